The minimum absolute atomic E-state index is 0.0151. The summed E-state index contributed by atoms with van der Waals surface area (Å²) in [5.74, 6) is -20.0. The molecule has 1 aliphatic carbocycles. The van der Waals surface area contributed by atoms with E-state index in [4.69, 9.17) is 35.2 Å². The van der Waals surface area contributed by atoms with Gasteiger partial charge in [0, 0.05) is 32.5 Å². The van der Waals surface area contributed by atoms with Crippen LogP contribution < -0.4 is 80.0 Å². The summed E-state index contributed by atoms with van der Waals surface area (Å²) < 4.78 is 85.4. The van der Waals surface area contributed by atoms with Gasteiger partial charge >= 0.3 is 12.0 Å². The van der Waals surface area contributed by atoms with Crippen LogP contribution in [0, 0.1) is 46.9 Å². The van der Waals surface area contributed by atoms with Crippen molar-refractivity contribution in [3.63, 3.8) is 0 Å². The zero-order valence-electron chi connectivity index (χ0n) is 60.7. The number of ether oxygens (including phenoxy) is 6. The molecule has 1 saturated carbocycles. The molecule has 0 bridgehead atoms. The number of hydrogen-bond donors (Lipinski definition) is 14. The van der Waals surface area contributed by atoms with Crippen LogP contribution in [0.25, 0.3) is 0 Å². The van der Waals surface area contributed by atoms with E-state index in [0.717, 1.165) is 0 Å². The SMILES string of the molecule is CC(=O)N[C@@H](CCCN)C(=O)NCC(=O)N[C@H](C(=O)N[C@@H](CC(C)C)C(=O)N[C@@H](C)C(=O)NCC(=O)N[C@@H](CC(C)C)C(=O)N[C@@H](CCCNC(N)=O)C(=O)NC(C)(C)C(=O)N[C@@H](CC(C)C)C(=O)NCCOCCOCCOCCOCCOCCC(=O)Oc1c(F)c(F)cc(F)c1F)C1CC1=O. The zero-order chi connectivity index (χ0) is 78.2. The maximum absolute atomic E-state index is 14.1. The van der Waals surface area contributed by atoms with E-state index in [9.17, 15) is 84.7 Å². The summed E-state index contributed by atoms with van der Waals surface area (Å²) in [6.07, 6.45) is 0.305. The van der Waals surface area contributed by atoms with Gasteiger partial charge in [-0.15, -0.1) is 0 Å². The highest BCUT2D eigenvalue weighted by molar-refractivity contribution is 6.05. The topological polar surface area (TPSA) is 491 Å². The molecule has 1 unspecified atom stereocenters. The van der Waals surface area contributed by atoms with Gasteiger partial charge in [0.1, 0.15) is 53.6 Å². The second kappa shape index (κ2) is 48.3. The minimum Gasteiger partial charge on any atom is -0.420 e. The highest BCUT2D eigenvalue weighted by Gasteiger charge is 2.47. The third-order valence-electron chi connectivity index (χ3n) is 15.1. The lowest BCUT2D eigenvalue weighted by molar-refractivity contribution is -0.137. The lowest BCUT2D eigenvalue weighted by Gasteiger charge is -2.31. The van der Waals surface area contributed by atoms with Gasteiger partial charge in [0.2, 0.25) is 82.4 Å². The molecule has 8 atom stereocenters. The Bertz CT molecular complexity index is 3020. The van der Waals surface area contributed by atoms with E-state index in [1.165, 1.54) is 27.7 Å². The van der Waals surface area contributed by atoms with Crippen LogP contribution >= 0.6 is 0 Å². The van der Waals surface area contributed by atoms with Crippen molar-refractivity contribution in [2.75, 3.05) is 98.8 Å². The van der Waals surface area contributed by atoms with Gasteiger partial charge in [-0.1, -0.05) is 41.5 Å². The van der Waals surface area contributed by atoms with Gasteiger partial charge in [-0.05, 0) is 90.0 Å². The Balaban J connectivity index is 1.92. The second-order valence-corrected chi connectivity index (χ2v) is 26.3. The molecule has 0 heterocycles. The van der Waals surface area contributed by atoms with Gasteiger partial charge in [0.15, 0.2) is 11.6 Å². The molecular formula is C66H106F4N14O20. The van der Waals surface area contributed by atoms with Gasteiger partial charge in [-0.3, -0.25) is 62.3 Å². The highest BCUT2D eigenvalue weighted by atomic mass is 19.2. The molecule has 0 aromatic heterocycles. The molecule has 1 aliphatic rings. The normalized spacial score (nSPS) is 14.6. The Morgan fingerprint density at radius 1 is 0.510 bits per heavy atom. The Labute approximate surface area is 601 Å². The van der Waals surface area contributed by atoms with E-state index < -0.39 is 179 Å². The van der Waals surface area contributed by atoms with Crippen molar-refractivity contribution in [3.05, 3.63) is 29.3 Å². The number of Topliss-reactive ketones (excluding diaryl/α,β-unsaturated/α-hetero) is 1. The lowest BCUT2D eigenvalue weighted by atomic mass is 9.98. The number of carbonyl (C=O) groups is 14. The highest BCUT2D eigenvalue weighted by Crippen LogP contribution is 2.29. The predicted octanol–water partition coefficient (Wildman–Crippen LogP) is -1.79. The van der Waals surface area contributed by atoms with Crippen LogP contribution in [0.5, 0.6) is 5.75 Å². The van der Waals surface area contributed by atoms with Crippen molar-refractivity contribution >= 4 is 82.8 Å². The number of primary amides is 1. The van der Waals surface area contributed by atoms with Gasteiger partial charge in [0.05, 0.1) is 91.5 Å². The van der Waals surface area contributed by atoms with Gasteiger partial charge < -0.3 is 104 Å². The number of esters is 1. The third kappa shape index (κ3) is 37.1. The van der Waals surface area contributed by atoms with E-state index in [2.05, 4.69) is 68.5 Å². The fraction of sp³-hybridized carbons (Fsp3) is 0.697. The molecule has 2 rings (SSSR count). The third-order valence-corrected chi connectivity index (χ3v) is 15.1. The van der Waals surface area contributed by atoms with Crippen molar-refractivity contribution in [1.29, 1.82) is 0 Å². The summed E-state index contributed by atoms with van der Waals surface area (Å²) in [7, 11) is 0. The quantitative estimate of drug-likeness (QED) is 0.0113. The largest absolute Gasteiger partial charge is 0.420 e. The van der Waals surface area contributed by atoms with Crippen LogP contribution in [0.1, 0.15) is 127 Å². The van der Waals surface area contributed by atoms with Crippen LogP contribution in [0.4, 0.5) is 22.4 Å². The maximum Gasteiger partial charge on any atom is 0.313 e. The van der Waals surface area contributed by atoms with Crippen molar-refractivity contribution in [1.82, 2.24) is 63.8 Å². The molecule has 104 heavy (non-hydrogen) atoms. The van der Waals surface area contributed by atoms with Crippen LogP contribution in [0.15, 0.2) is 6.07 Å². The molecule has 13 amide bonds. The molecule has 588 valence electrons. The Hall–Kier alpha value is -8.72. The number of ketones is 1. The number of carbonyl (C=O) groups excluding carboxylic acids is 14. The number of hydrogen-bond acceptors (Lipinski definition) is 21. The van der Waals surface area contributed by atoms with E-state index in [1.54, 1.807) is 27.7 Å². The molecule has 0 aliphatic heterocycles. The Morgan fingerprint density at radius 3 is 1.45 bits per heavy atom. The van der Waals surface area contributed by atoms with Gasteiger partial charge in [-0.2, -0.15) is 8.78 Å². The van der Waals surface area contributed by atoms with Gasteiger partial charge in [0.25, 0.3) is 0 Å². The molecule has 34 nitrogen and oxygen atoms in total. The first-order chi connectivity index (χ1) is 49.0. The molecular weight excluding hydrogens is 1380 g/mol. The predicted molar refractivity (Wildman–Crippen MR) is 363 cm³/mol. The molecule has 0 spiro atoms. The average Bonchev–Trinajstić information content (AvgIpc) is 1.61. The van der Waals surface area contributed by atoms with E-state index in [1.807, 2.05) is 13.8 Å². The number of benzene rings is 1. The number of urea groups is 1. The second-order valence-electron chi connectivity index (χ2n) is 26.3. The van der Waals surface area contributed by atoms with Crippen LogP contribution in [0.3, 0.4) is 0 Å². The molecule has 16 N–H and O–H groups in total. The lowest BCUT2D eigenvalue weighted by Crippen LogP contribution is -2.62. The van der Waals surface area contributed by atoms with E-state index >= 15 is 0 Å². The summed E-state index contributed by atoms with van der Waals surface area (Å²) in [6, 6.07) is -9.64. The Morgan fingerprint density at radius 2 is 0.952 bits per heavy atom. The molecule has 1 aromatic rings. The number of amides is 13. The summed E-state index contributed by atoms with van der Waals surface area (Å²) in [5.41, 5.74) is 9.08. The molecule has 1 fully saturated rings. The average molecular weight is 1490 g/mol. The first-order valence-corrected chi connectivity index (χ1v) is 34.4. The Kier molecular flexibility index (Phi) is 42.5. The molecule has 0 saturated heterocycles. The number of halogens is 4. The first kappa shape index (κ1) is 91.4. The fourth-order valence-electron chi connectivity index (χ4n) is 9.64. The molecule has 0 radical (unpaired) electrons. The van der Waals surface area contributed by atoms with Crippen LogP contribution in [0.2, 0.25) is 0 Å². The molecule has 1 aromatic carbocycles. The van der Waals surface area contributed by atoms with Crippen LogP contribution in [-0.4, -0.2) is 229 Å². The van der Waals surface area contributed by atoms with Crippen molar-refractivity contribution in [3.8, 4) is 5.75 Å². The van der Waals surface area contributed by atoms with Crippen molar-refractivity contribution < 1.29 is 113 Å². The zero-order valence-corrected chi connectivity index (χ0v) is 60.7. The smallest absolute Gasteiger partial charge is 0.313 e. The van der Waals surface area contributed by atoms with Crippen molar-refractivity contribution in [2.24, 2.45) is 35.1 Å². The summed E-state index contributed by atoms with van der Waals surface area (Å²) in [4.78, 5) is 183. The first-order valence-electron chi connectivity index (χ1n) is 34.4. The van der Waals surface area contributed by atoms with E-state index in [-0.39, 0.29) is 160 Å². The standard InChI is InChI=1S/C66H106F4N14O20/c1-36(2)29-46(59(92)73-18-20-100-22-24-102-26-28-103-27-25-101-23-21-99-19-15-52(89)104-56-53(69)42(67)33-43(68)54(56)70)82-64(97)66(9,10)84-62(95)45(14-12-17-74-65(72)98)80-61(94)47(30-37(3)4)79-50(87)34-75-57(90)39(7)77-60(93)48(31-38(5)6)81-63(96)55(41-32-49(41)86)83-51(88)35-76-58(91)44(13-11-16-71)78-40(8)85/h33,36-39,41,44-48,55H,11-32,34-35,71H2,1-10H3,(H,73,92)(H,75,90)(H,76,91)(H,77,93)(H,78,85)(H,79,87)(H,80,94)(H,81,96)(H,82,97)(H,83,88)(H,84,95)(H3,72,74,98)/t39-,41?,44-,45-,46-,47-,48-,55-/m0/s1. The molecule has 38 heteroatoms. The summed E-state index contributed by atoms with van der Waals surface area (Å²) >= 11 is 0. The van der Waals surface area contributed by atoms with Gasteiger partial charge in [-0.25, -0.2) is 13.6 Å². The minimum atomic E-state index is -1.84. The summed E-state index contributed by atoms with van der Waals surface area (Å²) in [6.45, 7) is 16.1. The van der Waals surface area contributed by atoms with Crippen molar-refractivity contribution in [2.45, 2.75) is 175 Å². The number of nitrogens with one attached hydrogen (secondary N) is 12. The van der Waals surface area contributed by atoms with E-state index in [0.29, 0.717) is 6.42 Å². The maximum atomic E-state index is 14.1. The number of rotatable bonds is 53. The monoisotopic (exact) mass is 1490 g/mol. The van der Waals surface area contributed by atoms with Crippen LogP contribution in [-0.2, 0) is 86.0 Å². The summed E-state index contributed by atoms with van der Waals surface area (Å²) in [5, 5.41) is 30.4. The number of nitrogens with two attached hydrogens (primary N) is 2. The fourth-order valence-corrected chi connectivity index (χ4v) is 9.64.